The Balaban J connectivity index is 1.84. The van der Waals surface area contributed by atoms with Crippen LogP contribution in [0, 0.1) is 17.1 Å². The molecule has 0 atom stereocenters. The molecule has 100 valence electrons. The Kier molecular flexibility index (Phi) is 4.46. The van der Waals surface area contributed by atoms with Crippen LogP contribution >= 0.6 is 0 Å². The lowest BCUT2D eigenvalue weighted by molar-refractivity contribution is 0.0962. The number of ether oxygens (including phenoxy) is 1. The van der Waals surface area contributed by atoms with Crippen molar-refractivity contribution in [3.05, 3.63) is 65.5 Å². The zero-order chi connectivity index (χ0) is 14.4. The third-order valence-electron chi connectivity index (χ3n) is 2.75. The highest BCUT2D eigenvalue weighted by atomic mass is 19.1. The molecule has 20 heavy (non-hydrogen) atoms. The van der Waals surface area contributed by atoms with Crippen LogP contribution in [0.4, 0.5) is 4.39 Å². The van der Waals surface area contributed by atoms with E-state index in [4.69, 9.17) is 10.00 Å². The number of hydrogen-bond acceptors (Lipinski definition) is 3. The van der Waals surface area contributed by atoms with E-state index < -0.39 is 0 Å². The van der Waals surface area contributed by atoms with Crippen LogP contribution in [-0.2, 0) is 0 Å². The molecule has 0 radical (unpaired) electrons. The minimum absolute atomic E-state index is 0.0985. The summed E-state index contributed by atoms with van der Waals surface area (Å²) in [6.07, 6.45) is 0.214. The number of nitriles is 1. The summed E-state index contributed by atoms with van der Waals surface area (Å²) in [7, 11) is 0. The van der Waals surface area contributed by atoms with Crippen molar-refractivity contribution in [3.8, 4) is 11.8 Å². The summed E-state index contributed by atoms with van der Waals surface area (Å²) in [6, 6.07) is 14.1. The van der Waals surface area contributed by atoms with Crippen molar-refractivity contribution in [2.75, 3.05) is 6.61 Å². The topological polar surface area (TPSA) is 50.1 Å². The highest BCUT2D eigenvalue weighted by Gasteiger charge is 2.06. The SMILES string of the molecule is N#Cc1ccc(OCCC(=O)c2ccc(F)cc2)cc1. The molecule has 0 N–H and O–H groups in total. The number of hydrogen-bond donors (Lipinski definition) is 0. The lowest BCUT2D eigenvalue weighted by atomic mass is 10.1. The van der Waals surface area contributed by atoms with Gasteiger partial charge in [-0.3, -0.25) is 4.79 Å². The molecule has 0 heterocycles. The summed E-state index contributed by atoms with van der Waals surface area (Å²) in [5.41, 5.74) is 1.02. The Labute approximate surface area is 116 Å². The van der Waals surface area contributed by atoms with Gasteiger partial charge < -0.3 is 4.74 Å². The molecule has 0 aliphatic heterocycles. The average Bonchev–Trinajstić information content (AvgIpc) is 2.48. The van der Waals surface area contributed by atoms with Crippen LogP contribution in [-0.4, -0.2) is 12.4 Å². The van der Waals surface area contributed by atoms with Crippen LogP contribution in [0.5, 0.6) is 5.75 Å². The molecule has 0 aliphatic carbocycles. The molecule has 0 aromatic heterocycles. The van der Waals surface area contributed by atoms with Gasteiger partial charge in [-0.2, -0.15) is 5.26 Å². The molecule has 0 amide bonds. The van der Waals surface area contributed by atoms with E-state index in [1.165, 1.54) is 24.3 Å². The summed E-state index contributed by atoms with van der Waals surface area (Å²) < 4.78 is 18.1. The number of Topliss-reactive ketones (excluding diaryl/α,β-unsaturated/α-hetero) is 1. The number of rotatable bonds is 5. The Morgan fingerprint density at radius 1 is 1.10 bits per heavy atom. The molecule has 4 heteroatoms. The Morgan fingerprint density at radius 3 is 2.35 bits per heavy atom. The molecule has 3 nitrogen and oxygen atoms in total. The smallest absolute Gasteiger partial charge is 0.166 e. The largest absolute Gasteiger partial charge is 0.493 e. The second kappa shape index (κ2) is 6.48. The predicted octanol–water partition coefficient (Wildman–Crippen LogP) is 3.35. The molecular weight excluding hydrogens is 257 g/mol. The fourth-order valence-corrected chi connectivity index (χ4v) is 1.67. The van der Waals surface area contributed by atoms with Crippen molar-refractivity contribution in [3.63, 3.8) is 0 Å². The van der Waals surface area contributed by atoms with Gasteiger partial charge in [-0.1, -0.05) is 0 Å². The van der Waals surface area contributed by atoms with Gasteiger partial charge in [-0.15, -0.1) is 0 Å². The standard InChI is InChI=1S/C16H12FNO2/c17-14-5-3-13(4-6-14)16(19)9-10-20-15-7-1-12(11-18)2-8-15/h1-8H,9-10H2. The highest BCUT2D eigenvalue weighted by molar-refractivity contribution is 5.96. The number of carbonyl (C=O) groups excluding carboxylic acids is 1. The third-order valence-corrected chi connectivity index (χ3v) is 2.75. The van der Waals surface area contributed by atoms with Gasteiger partial charge in [0.2, 0.25) is 0 Å². The quantitative estimate of drug-likeness (QED) is 0.782. The Bertz CT molecular complexity index is 627. The van der Waals surface area contributed by atoms with Crippen LogP contribution in [0.15, 0.2) is 48.5 Å². The van der Waals surface area contributed by atoms with Crippen LogP contribution in [0.3, 0.4) is 0 Å². The minimum Gasteiger partial charge on any atom is -0.493 e. The molecule has 2 aromatic rings. The highest BCUT2D eigenvalue weighted by Crippen LogP contribution is 2.12. The van der Waals surface area contributed by atoms with Gasteiger partial charge in [0.15, 0.2) is 5.78 Å². The minimum atomic E-state index is -0.365. The number of halogens is 1. The van der Waals surface area contributed by atoms with E-state index in [9.17, 15) is 9.18 Å². The molecule has 0 saturated heterocycles. The van der Waals surface area contributed by atoms with Crippen molar-refractivity contribution >= 4 is 5.78 Å². The molecule has 0 saturated carbocycles. The van der Waals surface area contributed by atoms with E-state index in [1.807, 2.05) is 6.07 Å². The monoisotopic (exact) mass is 269 g/mol. The van der Waals surface area contributed by atoms with Crippen LogP contribution in [0.25, 0.3) is 0 Å². The molecule has 0 spiro atoms. The molecule has 2 aromatic carbocycles. The van der Waals surface area contributed by atoms with E-state index >= 15 is 0 Å². The Hall–Kier alpha value is -2.67. The number of carbonyl (C=O) groups is 1. The number of ketones is 1. The Morgan fingerprint density at radius 2 is 1.75 bits per heavy atom. The van der Waals surface area contributed by atoms with Gasteiger partial charge in [-0.05, 0) is 48.5 Å². The van der Waals surface area contributed by atoms with Crippen molar-refractivity contribution in [2.45, 2.75) is 6.42 Å². The van der Waals surface area contributed by atoms with Gasteiger partial charge in [0.1, 0.15) is 11.6 Å². The fourth-order valence-electron chi connectivity index (χ4n) is 1.67. The second-order valence-electron chi connectivity index (χ2n) is 4.16. The van der Waals surface area contributed by atoms with Crippen molar-refractivity contribution in [1.82, 2.24) is 0 Å². The first-order valence-electron chi connectivity index (χ1n) is 6.11. The molecule has 0 bridgehead atoms. The maximum Gasteiger partial charge on any atom is 0.166 e. The first-order chi connectivity index (χ1) is 9.69. The maximum absolute atomic E-state index is 12.7. The van der Waals surface area contributed by atoms with E-state index in [0.29, 0.717) is 16.9 Å². The van der Waals surface area contributed by atoms with E-state index in [0.717, 1.165) is 0 Å². The molecule has 2 rings (SSSR count). The summed E-state index contributed by atoms with van der Waals surface area (Å²) in [5, 5.41) is 8.66. The molecule has 0 aliphatic rings. The predicted molar refractivity (Wildman–Crippen MR) is 72.0 cm³/mol. The van der Waals surface area contributed by atoms with Crippen LogP contribution < -0.4 is 4.74 Å². The number of benzene rings is 2. The maximum atomic E-state index is 12.7. The lowest BCUT2D eigenvalue weighted by Gasteiger charge is -2.05. The van der Waals surface area contributed by atoms with E-state index in [1.54, 1.807) is 24.3 Å². The third kappa shape index (κ3) is 3.66. The average molecular weight is 269 g/mol. The first kappa shape index (κ1) is 13.8. The van der Waals surface area contributed by atoms with Crippen LogP contribution in [0.1, 0.15) is 22.3 Å². The van der Waals surface area contributed by atoms with Gasteiger partial charge >= 0.3 is 0 Å². The molecule has 0 fully saturated rings. The number of nitrogens with zero attached hydrogens (tertiary/aromatic N) is 1. The zero-order valence-corrected chi connectivity index (χ0v) is 10.7. The fraction of sp³-hybridized carbons (Fsp3) is 0.125. The molecular formula is C16H12FNO2. The zero-order valence-electron chi connectivity index (χ0n) is 10.7. The second-order valence-corrected chi connectivity index (χ2v) is 4.16. The summed E-state index contributed by atoms with van der Waals surface area (Å²) in [4.78, 5) is 11.8. The van der Waals surface area contributed by atoms with Gasteiger partial charge in [0.05, 0.1) is 18.2 Å². The van der Waals surface area contributed by atoms with Gasteiger partial charge in [0.25, 0.3) is 0 Å². The van der Waals surface area contributed by atoms with E-state index in [-0.39, 0.29) is 24.6 Å². The van der Waals surface area contributed by atoms with Crippen molar-refractivity contribution < 1.29 is 13.9 Å². The first-order valence-corrected chi connectivity index (χ1v) is 6.11. The van der Waals surface area contributed by atoms with Gasteiger partial charge in [-0.25, -0.2) is 4.39 Å². The summed E-state index contributed by atoms with van der Waals surface area (Å²) >= 11 is 0. The summed E-state index contributed by atoms with van der Waals surface area (Å²) in [6.45, 7) is 0.238. The van der Waals surface area contributed by atoms with Gasteiger partial charge in [0, 0.05) is 12.0 Å². The van der Waals surface area contributed by atoms with E-state index in [2.05, 4.69) is 0 Å². The normalized spacial score (nSPS) is 9.80. The van der Waals surface area contributed by atoms with Crippen LogP contribution in [0.2, 0.25) is 0 Å². The lowest BCUT2D eigenvalue weighted by Crippen LogP contribution is -2.06. The van der Waals surface area contributed by atoms with Crippen molar-refractivity contribution in [1.29, 1.82) is 5.26 Å². The summed E-state index contributed by atoms with van der Waals surface area (Å²) in [5.74, 6) is 0.143. The van der Waals surface area contributed by atoms with Crippen molar-refractivity contribution in [2.24, 2.45) is 0 Å². The molecule has 0 unspecified atom stereocenters.